The van der Waals surface area contributed by atoms with E-state index in [1.807, 2.05) is 0 Å². The van der Waals surface area contributed by atoms with Crippen LogP contribution in [-0.2, 0) is 4.74 Å². The van der Waals surface area contributed by atoms with Gasteiger partial charge in [0.15, 0.2) is 0 Å². The summed E-state index contributed by atoms with van der Waals surface area (Å²) in [5, 5.41) is 3.55. The van der Waals surface area contributed by atoms with Crippen LogP contribution in [0.1, 0.15) is 32.6 Å². The molecule has 1 fully saturated rings. The van der Waals surface area contributed by atoms with Gasteiger partial charge in [-0.3, -0.25) is 0 Å². The van der Waals surface area contributed by atoms with Crippen molar-refractivity contribution in [3.63, 3.8) is 0 Å². The van der Waals surface area contributed by atoms with Gasteiger partial charge in [0.25, 0.3) is 0 Å². The van der Waals surface area contributed by atoms with E-state index < -0.39 is 0 Å². The van der Waals surface area contributed by atoms with Crippen molar-refractivity contribution in [1.82, 2.24) is 5.32 Å². The predicted molar refractivity (Wildman–Crippen MR) is 61.0 cm³/mol. The lowest BCUT2D eigenvalue weighted by atomic mass is 9.78. The fraction of sp³-hybridized carbons (Fsp3) is 1.00. The van der Waals surface area contributed by atoms with Crippen molar-refractivity contribution < 1.29 is 4.74 Å². The Morgan fingerprint density at radius 1 is 1.43 bits per heavy atom. The van der Waals surface area contributed by atoms with Crippen LogP contribution in [0.25, 0.3) is 0 Å². The van der Waals surface area contributed by atoms with Gasteiger partial charge in [0.05, 0.1) is 6.61 Å². The fourth-order valence-electron chi connectivity index (χ4n) is 2.09. The summed E-state index contributed by atoms with van der Waals surface area (Å²) >= 11 is 6.06. The van der Waals surface area contributed by atoms with Gasteiger partial charge in [-0.1, -0.05) is 6.92 Å². The van der Waals surface area contributed by atoms with Crippen molar-refractivity contribution in [3.8, 4) is 0 Å². The maximum absolute atomic E-state index is 6.06. The van der Waals surface area contributed by atoms with E-state index in [2.05, 4.69) is 12.2 Å². The first-order valence-electron chi connectivity index (χ1n) is 5.52. The van der Waals surface area contributed by atoms with Crippen LogP contribution >= 0.6 is 11.6 Å². The molecule has 0 radical (unpaired) electrons. The number of hydrogen-bond donors (Lipinski definition) is 1. The first-order valence-corrected chi connectivity index (χ1v) is 6.06. The number of alkyl halides is 1. The molecule has 0 aromatic carbocycles. The Hall–Kier alpha value is 0.210. The largest absolute Gasteiger partial charge is 0.383 e. The molecule has 1 aliphatic carbocycles. The molecule has 84 valence electrons. The summed E-state index contributed by atoms with van der Waals surface area (Å²) in [6.45, 7) is 4.01. The third-order valence-electron chi connectivity index (χ3n) is 3.29. The first kappa shape index (κ1) is 12.3. The summed E-state index contributed by atoms with van der Waals surface area (Å²) < 4.78 is 5.04. The quantitative estimate of drug-likeness (QED) is 0.567. The summed E-state index contributed by atoms with van der Waals surface area (Å²) in [5.74, 6) is 1.60. The zero-order valence-electron chi connectivity index (χ0n) is 9.31. The molecule has 0 aliphatic heterocycles. The summed E-state index contributed by atoms with van der Waals surface area (Å²) in [7, 11) is 1.73. The molecule has 0 aromatic heterocycles. The predicted octanol–water partition coefficient (Wildman–Crippen LogP) is 2.41. The van der Waals surface area contributed by atoms with Gasteiger partial charge in [-0.25, -0.2) is 0 Å². The Morgan fingerprint density at radius 3 is 2.57 bits per heavy atom. The van der Waals surface area contributed by atoms with Gasteiger partial charge in [-0.15, -0.1) is 11.6 Å². The molecular weight excluding hydrogens is 198 g/mol. The highest BCUT2D eigenvalue weighted by Gasteiger charge is 2.32. The van der Waals surface area contributed by atoms with Crippen molar-refractivity contribution in [2.24, 2.45) is 5.92 Å². The molecule has 0 bridgehead atoms. The molecule has 0 heterocycles. The minimum absolute atomic E-state index is 0.187. The summed E-state index contributed by atoms with van der Waals surface area (Å²) in [5.41, 5.74) is 0.187. The lowest BCUT2D eigenvalue weighted by Gasteiger charge is -2.39. The highest BCUT2D eigenvalue weighted by Crippen LogP contribution is 2.32. The average Bonchev–Trinajstić information content (AvgIpc) is 2.22. The van der Waals surface area contributed by atoms with Gasteiger partial charge in [-0.2, -0.15) is 0 Å². The molecule has 14 heavy (non-hydrogen) atoms. The molecule has 0 amide bonds. The molecule has 0 spiro atoms. The number of rotatable bonds is 5. The topological polar surface area (TPSA) is 21.3 Å². The third-order valence-corrected chi connectivity index (χ3v) is 3.80. The maximum atomic E-state index is 6.06. The molecule has 3 heteroatoms. The van der Waals surface area contributed by atoms with E-state index in [0.29, 0.717) is 0 Å². The third kappa shape index (κ3) is 3.41. The van der Waals surface area contributed by atoms with Crippen LogP contribution in [0.2, 0.25) is 0 Å². The van der Waals surface area contributed by atoms with Gasteiger partial charge >= 0.3 is 0 Å². The number of halogens is 1. The van der Waals surface area contributed by atoms with Gasteiger partial charge in [-0.05, 0) is 31.6 Å². The Balaban J connectivity index is 2.34. The maximum Gasteiger partial charge on any atom is 0.0587 e. The summed E-state index contributed by atoms with van der Waals surface area (Å²) in [4.78, 5) is 0. The van der Waals surface area contributed by atoms with E-state index >= 15 is 0 Å². The van der Waals surface area contributed by atoms with E-state index in [1.165, 1.54) is 25.7 Å². The van der Waals surface area contributed by atoms with E-state index in [-0.39, 0.29) is 5.54 Å². The van der Waals surface area contributed by atoms with Crippen molar-refractivity contribution in [3.05, 3.63) is 0 Å². The highest BCUT2D eigenvalue weighted by molar-refractivity contribution is 6.18. The molecule has 1 N–H and O–H groups in total. The van der Waals surface area contributed by atoms with Crippen LogP contribution < -0.4 is 5.32 Å². The van der Waals surface area contributed by atoms with Crippen LogP contribution in [0.3, 0.4) is 0 Å². The molecule has 0 atom stereocenters. The molecule has 0 aromatic rings. The lowest BCUT2D eigenvalue weighted by Crippen LogP contribution is -2.50. The summed E-state index contributed by atoms with van der Waals surface area (Å²) in [6, 6.07) is 0. The Morgan fingerprint density at radius 2 is 2.07 bits per heavy atom. The first-order chi connectivity index (χ1) is 6.72. The zero-order chi connectivity index (χ0) is 10.4. The van der Waals surface area contributed by atoms with Gasteiger partial charge in [0.2, 0.25) is 0 Å². The number of nitrogens with one attached hydrogen (secondary N) is 1. The van der Waals surface area contributed by atoms with Crippen LogP contribution in [0.15, 0.2) is 0 Å². The Bertz CT molecular complexity index is 155. The molecule has 0 unspecified atom stereocenters. The van der Waals surface area contributed by atoms with Gasteiger partial charge < -0.3 is 10.1 Å². The highest BCUT2D eigenvalue weighted by atomic mass is 35.5. The Labute approximate surface area is 92.3 Å². The monoisotopic (exact) mass is 219 g/mol. The Kier molecular flexibility index (Phi) is 5.21. The molecular formula is C11H22ClNO. The summed E-state index contributed by atoms with van der Waals surface area (Å²) in [6.07, 6.45) is 5.02. The van der Waals surface area contributed by atoms with Gasteiger partial charge in [0, 0.05) is 25.1 Å². The van der Waals surface area contributed by atoms with E-state index in [0.717, 1.165) is 24.9 Å². The fourth-order valence-corrected chi connectivity index (χ4v) is 2.45. The van der Waals surface area contributed by atoms with Crippen LogP contribution in [0, 0.1) is 5.92 Å². The minimum atomic E-state index is 0.187. The molecule has 1 aliphatic rings. The number of hydrogen-bond acceptors (Lipinski definition) is 2. The zero-order valence-corrected chi connectivity index (χ0v) is 10.1. The van der Waals surface area contributed by atoms with Crippen LogP contribution in [0.5, 0.6) is 0 Å². The average molecular weight is 220 g/mol. The van der Waals surface area contributed by atoms with Gasteiger partial charge in [0.1, 0.15) is 0 Å². The minimum Gasteiger partial charge on any atom is -0.383 e. The molecule has 1 rings (SSSR count). The second kappa shape index (κ2) is 5.94. The van der Waals surface area contributed by atoms with E-state index in [9.17, 15) is 0 Å². The van der Waals surface area contributed by atoms with Crippen LogP contribution in [0.4, 0.5) is 0 Å². The van der Waals surface area contributed by atoms with Crippen molar-refractivity contribution >= 4 is 11.6 Å². The second-order valence-corrected chi connectivity index (χ2v) is 4.78. The standard InChI is InChI=1S/C11H22ClNO/c1-10-3-5-11(9-12,6-4-10)13-7-8-14-2/h10,13H,3-9H2,1-2H3. The smallest absolute Gasteiger partial charge is 0.0587 e. The van der Waals surface area contributed by atoms with Crippen molar-refractivity contribution in [1.29, 1.82) is 0 Å². The second-order valence-electron chi connectivity index (χ2n) is 4.52. The molecule has 2 nitrogen and oxygen atoms in total. The van der Waals surface area contributed by atoms with E-state index in [1.54, 1.807) is 7.11 Å². The van der Waals surface area contributed by atoms with E-state index in [4.69, 9.17) is 16.3 Å². The molecule has 1 saturated carbocycles. The van der Waals surface area contributed by atoms with Crippen molar-refractivity contribution in [2.75, 3.05) is 26.1 Å². The SMILES string of the molecule is COCCNC1(CCl)CCC(C)CC1. The lowest BCUT2D eigenvalue weighted by molar-refractivity contribution is 0.165. The number of methoxy groups -OCH3 is 1. The normalized spacial score (nSPS) is 33.2. The number of ether oxygens (including phenoxy) is 1. The molecule has 0 saturated heterocycles. The van der Waals surface area contributed by atoms with Crippen molar-refractivity contribution in [2.45, 2.75) is 38.1 Å². The van der Waals surface area contributed by atoms with Crippen LogP contribution in [-0.4, -0.2) is 31.7 Å².